The molecule has 2 aliphatic heterocycles. The number of fused-ring (bicyclic) bond motifs is 7. The van der Waals surface area contributed by atoms with E-state index in [4.69, 9.17) is 18.9 Å². The van der Waals surface area contributed by atoms with Crippen LogP contribution >= 0.6 is 0 Å². The molecule has 55 heavy (non-hydrogen) atoms. The molecule has 0 unspecified atom stereocenters. The first-order valence-electron chi connectivity index (χ1n) is 18.4. The number of aromatic nitrogens is 2. The summed E-state index contributed by atoms with van der Waals surface area (Å²) in [7, 11) is 0. The number of rotatable bonds is 3. The van der Waals surface area contributed by atoms with E-state index < -0.39 is 13.3 Å². The average molecular weight is 955 g/mol. The third-order valence-electron chi connectivity index (χ3n) is 10.4. The van der Waals surface area contributed by atoms with Gasteiger partial charge in [0.05, 0.1) is 0 Å². The quantitative estimate of drug-likeness (QED) is 0.131. The molecular formula is C47H39BGeIrN2O3-2. The van der Waals surface area contributed by atoms with E-state index in [1.807, 2.05) is 73.1 Å². The third kappa shape index (κ3) is 6.84. The van der Waals surface area contributed by atoms with Crippen LogP contribution < -0.4 is 30.3 Å². The standard InChI is InChI=1S/C32H23BGeNO3.C15H16N.Ir/c1-34(2,3)19-14-15-35-25(16-19)21-9-6-8-20-22-17-30-24(18-29(22)38-32(20)21)33-23-10-4-5-11-26(23)36-27-12-7-13-28(37-30)31(27)33;1-15(2,3)13-9-10-16-14(11-13)12-7-5-4-6-8-12;/h4-8,10-18H,1-3H3;4-7,9-11H,1-3H3;/q2*-1;. The molecule has 0 spiro atoms. The van der Waals surface area contributed by atoms with Crippen molar-refractivity contribution in [2.75, 3.05) is 0 Å². The van der Waals surface area contributed by atoms with E-state index in [0.29, 0.717) is 0 Å². The maximum absolute atomic E-state index is 6.60. The Bertz CT molecular complexity index is 2720. The number of ether oxygens (including phenoxy) is 2. The van der Waals surface area contributed by atoms with Gasteiger partial charge in [0.25, 0.3) is 0 Å². The van der Waals surface area contributed by atoms with Gasteiger partial charge in [-0.25, -0.2) is 0 Å². The normalized spacial score (nSPS) is 12.7. The van der Waals surface area contributed by atoms with Crippen LogP contribution in [0.5, 0.6) is 23.0 Å². The molecule has 10 rings (SSSR count). The van der Waals surface area contributed by atoms with Crippen LogP contribution in [0.15, 0.2) is 132 Å². The zero-order chi connectivity index (χ0) is 37.2. The van der Waals surface area contributed by atoms with Crippen LogP contribution in [-0.4, -0.2) is 29.9 Å². The molecule has 0 saturated carbocycles. The van der Waals surface area contributed by atoms with Gasteiger partial charge < -0.3 is 9.72 Å². The Morgan fingerprint density at radius 3 is 2.13 bits per heavy atom. The van der Waals surface area contributed by atoms with Crippen LogP contribution in [-0.2, 0) is 25.5 Å². The first kappa shape index (κ1) is 37.0. The number of nitrogens with zero attached hydrogens (tertiary/aromatic N) is 2. The van der Waals surface area contributed by atoms with E-state index in [0.717, 1.165) is 83.8 Å². The Labute approximate surface area is 338 Å². The first-order valence-corrected chi connectivity index (χ1v) is 25.8. The van der Waals surface area contributed by atoms with Gasteiger partial charge in [-0.15, -0.1) is 35.9 Å². The van der Waals surface area contributed by atoms with Crippen molar-refractivity contribution in [2.45, 2.75) is 43.5 Å². The van der Waals surface area contributed by atoms with Gasteiger partial charge in [0.15, 0.2) is 0 Å². The fourth-order valence-corrected chi connectivity index (χ4v) is 9.83. The minimum Gasteiger partial charge on any atom is 0 e. The molecule has 0 amide bonds. The second-order valence-corrected chi connectivity index (χ2v) is 26.7. The topological polar surface area (TPSA) is 57.4 Å². The van der Waals surface area contributed by atoms with E-state index in [9.17, 15) is 0 Å². The van der Waals surface area contributed by atoms with Gasteiger partial charge in [-0.2, -0.15) is 0 Å². The summed E-state index contributed by atoms with van der Waals surface area (Å²) in [5.74, 6) is 10.6. The first-order chi connectivity index (χ1) is 26.0. The molecule has 5 heterocycles. The molecule has 0 saturated heterocycles. The van der Waals surface area contributed by atoms with Crippen LogP contribution in [0.4, 0.5) is 0 Å². The summed E-state index contributed by atoms with van der Waals surface area (Å²) in [6.07, 6.45) is 3.79. The van der Waals surface area contributed by atoms with E-state index >= 15 is 0 Å². The fraction of sp³-hybridized carbons (Fsp3) is 0.149. The van der Waals surface area contributed by atoms with Gasteiger partial charge >= 0.3 is 189 Å². The van der Waals surface area contributed by atoms with E-state index in [1.165, 1.54) is 9.96 Å². The van der Waals surface area contributed by atoms with E-state index in [-0.39, 0.29) is 32.2 Å². The van der Waals surface area contributed by atoms with E-state index in [2.05, 4.69) is 110 Å². The molecule has 5 aromatic carbocycles. The molecule has 8 aromatic rings. The second-order valence-electron chi connectivity index (χ2n) is 16.1. The minimum absolute atomic E-state index is 0. The number of furan rings is 1. The van der Waals surface area contributed by atoms with Gasteiger partial charge in [-0.3, -0.25) is 0 Å². The van der Waals surface area contributed by atoms with Crippen molar-refractivity contribution in [1.82, 2.24) is 9.97 Å². The minimum atomic E-state index is -2.03. The van der Waals surface area contributed by atoms with Crippen molar-refractivity contribution >= 4 is 62.7 Å². The Kier molecular flexibility index (Phi) is 9.61. The van der Waals surface area contributed by atoms with Gasteiger partial charge in [0, 0.05) is 26.3 Å². The monoisotopic (exact) mass is 957 g/mol. The second kappa shape index (κ2) is 14.3. The van der Waals surface area contributed by atoms with Crippen LogP contribution in [0.3, 0.4) is 0 Å². The molecule has 1 radical (unpaired) electrons. The molecule has 8 heteroatoms. The summed E-state index contributed by atoms with van der Waals surface area (Å²) >= 11 is -2.03. The maximum atomic E-state index is 6.60. The average Bonchev–Trinajstić information content (AvgIpc) is 3.54. The van der Waals surface area contributed by atoms with Gasteiger partial charge in [0.1, 0.15) is 0 Å². The third-order valence-corrected chi connectivity index (χ3v) is 14.6. The summed E-state index contributed by atoms with van der Waals surface area (Å²) in [6.45, 7) is 6.64. The molecule has 0 aliphatic carbocycles. The zero-order valence-corrected chi connectivity index (χ0v) is 36.1. The summed E-state index contributed by atoms with van der Waals surface area (Å²) in [5, 5.41) is 2.06. The molecule has 5 nitrogen and oxygen atoms in total. The zero-order valence-electron chi connectivity index (χ0n) is 31.7. The van der Waals surface area contributed by atoms with Crippen LogP contribution in [0, 0.1) is 12.1 Å². The molecule has 273 valence electrons. The van der Waals surface area contributed by atoms with Crippen molar-refractivity contribution < 1.29 is 34.0 Å². The molecule has 0 N–H and O–H groups in total. The largest absolute Gasteiger partial charge is 0 e. The predicted molar refractivity (Wildman–Crippen MR) is 224 cm³/mol. The molecule has 3 aromatic heterocycles. The van der Waals surface area contributed by atoms with Crippen molar-refractivity contribution in [1.29, 1.82) is 0 Å². The van der Waals surface area contributed by atoms with Crippen LogP contribution in [0.1, 0.15) is 26.3 Å². The number of pyridine rings is 2. The number of hydrogen-bond donors (Lipinski definition) is 0. The van der Waals surface area contributed by atoms with Crippen molar-refractivity contribution in [3.63, 3.8) is 0 Å². The Morgan fingerprint density at radius 1 is 0.636 bits per heavy atom. The smallest absolute Gasteiger partial charge is 0 e. The predicted octanol–water partition coefficient (Wildman–Crippen LogP) is 9.56. The van der Waals surface area contributed by atoms with Crippen molar-refractivity contribution in [3.05, 3.63) is 145 Å². The van der Waals surface area contributed by atoms with Crippen molar-refractivity contribution in [3.8, 4) is 45.5 Å². The molecular weight excluding hydrogens is 916 g/mol. The molecule has 2 aliphatic rings. The van der Waals surface area contributed by atoms with Gasteiger partial charge in [-0.1, -0.05) is 45.0 Å². The van der Waals surface area contributed by atoms with Crippen molar-refractivity contribution in [2.24, 2.45) is 0 Å². The van der Waals surface area contributed by atoms with Crippen LogP contribution in [0.2, 0.25) is 17.3 Å². The summed E-state index contributed by atoms with van der Waals surface area (Å²) in [6, 6.07) is 45.7. The fourth-order valence-electron chi connectivity index (χ4n) is 7.43. The van der Waals surface area contributed by atoms with Gasteiger partial charge in [-0.05, 0) is 34.9 Å². The Morgan fingerprint density at radius 2 is 1.36 bits per heavy atom. The Hall–Kier alpha value is -4.94. The molecule has 0 bridgehead atoms. The maximum Gasteiger partial charge on any atom is 0 e. The molecule has 0 atom stereocenters. The number of para-hydroxylation sites is 1. The molecule has 0 fully saturated rings. The van der Waals surface area contributed by atoms with E-state index in [1.54, 1.807) is 0 Å². The van der Waals surface area contributed by atoms with Crippen LogP contribution in [0.25, 0.3) is 44.5 Å². The SMILES string of the molecule is CC(C)(C)c1ccnc(-c2[c-]cccc2)c1.[CH3][Ge]([CH3])([CH3])[c]1ccnc(-c2[c-]ccc3c2oc2cc4c(cc23)Oc2cccc3c2B4c2ccccc2O3)c1.[Ir]. The number of hydrogen-bond acceptors (Lipinski definition) is 5. The number of benzene rings is 5. The summed E-state index contributed by atoms with van der Waals surface area (Å²) in [4.78, 5) is 9.11. The summed E-state index contributed by atoms with van der Waals surface area (Å²) in [5.41, 5.74) is 10.2. The van der Waals surface area contributed by atoms with Gasteiger partial charge in [0.2, 0.25) is 0 Å². The summed E-state index contributed by atoms with van der Waals surface area (Å²) < 4.78 is 20.8. The Balaban J connectivity index is 0.000000212.